The third-order valence-electron chi connectivity index (χ3n) is 4.21. The van der Waals surface area contributed by atoms with E-state index < -0.39 is 0 Å². The molecule has 0 saturated carbocycles. The molecule has 98 valence electrons. The number of nitrogens with one attached hydrogen (secondary N) is 1. The molecule has 2 aliphatic rings. The minimum atomic E-state index is 1.12. The van der Waals surface area contributed by atoms with E-state index in [1.807, 2.05) is 0 Å². The smallest absolute Gasteiger partial charge is 0.0610 e. The van der Waals surface area contributed by atoms with E-state index >= 15 is 0 Å². The van der Waals surface area contributed by atoms with Crippen molar-refractivity contribution in [2.45, 2.75) is 19.8 Å². The first-order chi connectivity index (χ1) is 8.88. The maximum absolute atomic E-state index is 3.60. The van der Waals surface area contributed by atoms with Crippen molar-refractivity contribution >= 4 is 11.4 Å². The lowest BCUT2D eigenvalue weighted by Gasteiger charge is -2.37. The molecule has 3 rings (SSSR count). The number of hydrogen-bond acceptors (Lipinski definition) is 3. The van der Waals surface area contributed by atoms with Crippen LogP contribution in [0.15, 0.2) is 18.2 Å². The average molecular weight is 245 g/mol. The number of likely N-dealkylation sites (N-methyl/N-ethyl adjacent to an activating group) is 1. The molecule has 3 heteroatoms. The predicted molar refractivity (Wildman–Crippen MR) is 77.6 cm³/mol. The van der Waals surface area contributed by atoms with Crippen LogP contribution in [0.2, 0.25) is 0 Å². The van der Waals surface area contributed by atoms with E-state index in [1.165, 1.54) is 49.4 Å². The summed E-state index contributed by atoms with van der Waals surface area (Å²) in [5.74, 6) is 0. The van der Waals surface area contributed by atoms with Crippen molar-refractivity contribution in [3.63, 3.8) is 0 Å². The third kappa shape index (κ3) is 2.19. The Hall–Kier alpha value is -1.22. The molecule has 1 aromatic carbocycles. The topological polar surface area (TPSA) is 18.5 Å². The van der Waals surface area contributed by atoms with Gasteiger partial charge in [-0.05, 0) is 31.0 Å². The molecule has 0 unspecified atom stereocenters. The number of aryl methyl sites for hydroxylation is 1. The second kappa shape index (κ2) is 5.19. The third-order valence-corrected chi connectivity index (χ3v) is 4.21. The van der Waals surface area contributed by atoms with Crippen LogP contribution in [0.5, 0.6) is 0 Å². The van der Waals surface area contributed by atoms with Gasteiger partial charge in [-0.3, -0.25) is 0 Å². The largest absolute Gasteiger partial charge is 0.383 e. The zero-order valence-electron chi connectivity index (χ0n) is 11.3. The molecule has 0 spiro atoms. The monoisotopic (exact) mass is 245 g/mol. The van der Waals surface area contributed by atoms with E-state index in [2.05, 4.69) is 40.2 Å². The first kappa shape index (κ1) is 11.8. The number of rotatable bonds is 2. The number of para-hydroxylation sites is 1. The van der Waals surface area contributed by atoms with Crippen LogP contribution in [0.25, 0.3) is 0 Å². The highest BCUT2D eigenvalue weighted by atomic mass is 15.3. The highest BCUT2D eigenvalue weighted by Crippen LogP contribution is 2.33. The van der Waals surface area contributed by atoms with Crippen molar-refractivity contribution in [2.75, 3.05) is 49.5 Å². The van der Waals surface area contributed by atoms with E-state index in [9.17, 15) is 0 Å². The van der Waals surface area contributed by atoms with Crippen LogP contribution in [0.3, 0.4) is 0 Å². The molecular formula is C15H23N3. The van der Waals surface area contributed by atoms with Crippen LogP contribution in [-0.2, 0) is 6.42 Å². The van der Waals surface area contributed by atoms with Gasteiger partial charge < -0.3 is 15.1 Å². The Labute approximate surface area is 110 Å². The van der Waals surface area contributed by atoms with Gasteiger partial charge in [-0.2, -0.15) is 0 Å². The van der Waals surface area contributed by atoms with E-state index in [0.717, 1.165) is 19.6 Å². The summed E-state index contributed by atoms with van der Waals surface area (Å²) in [6, 6.07) is 6.76. The Kier molecular flexibility index (Phi) is 3.41. The minimum Gasteiger partial charge on any atom is -0.383 e. The summed E-state index contributed by atoms with van der Waals surface area (Å²) in [7, 11) is 0. The van der Waals surface area contributed by atoms with Gasteiger partial charge in [-0.25, -0.2) is 0 Å². The highest BCUT2D eigenvalue weighted by molar-refractivity contribution is 5.74. The van der Waals surface area contributed by atoms with Crippen LogP contribution in [0, 0.1) is 0 Å². The van der Waals surface area contributed by atoms with Crippen molar-refractivity contribution in [2.24, 2.45) is 0 Å². The molecule has 0 aromatic heterocycles. The Balaban J connectivity index is 1.80. The molecule has 2 aliphatic heterocycles. The van der Waals surface area contributed by atoms with Gasteiger partial charge in [0.25, 0.3) is 0 Å². The van der Waals surface area contributed by atoms with Gasteiger partial charge in [-0.15, -0.1) is 0 Å². The summed E-state index contributed by atoms with van der Waals surface area (Å²) in [6.45, 7) is 9.26. The Morgan fingerprint density at radius 2 is 2.00 bits per heavy atom. The van der Waals surface area contributed by atoms with Gasteiger partial charge in [0, 0.05) is 32.7 Å². The van der Waals surface area contributed by atoms with E-state index in [0.29, 0.717) is 0 Å². The molecule has 1 saturated heterocycles. The number of nitrogens with zero attached hydrogens (tertiary/aromatic N) is 2. The standard InChI is InChI=1S/C15H23N3/c1-2-17-9-11-18(12-10-17)14-7-3-5-13-6-4-8-16-15(13)14/h3,5,7,16H,2,4,6,8-12H2,1H3. The summed E-state index contributed by atoms with van der Waals surface area (Å²) in [4.78, 5) is 5.07. The SMILES string of the molecule is CCN1CCN(c2cccc3c2NCCC3)CC1. The summed E-state index contributed by atoms with van der Waals surface area (Å²) >= 11 is 0. The summed E-state index contributed by atoms with van der Waals surface area (Å²) in [5, 5.41) is 3.60. The predicted octanol–water partition coefficient (Wildman–Crippen LogP) is 2.19. The van der Waals surface area contributed by atoms with E-state index in [-0.39, 0.29) is 0 Å². The minimum absolute atomic E-state index is 1.12. The normalized spacial score (nSPS) is 20.4. The fourth-order valence-electron chi connectivity index (χ4n) is 3.06. The maximum atomic E-state index is 3.60. The van der Waals surface area contributed by atoms with Gasteiger partial charge in [0.15, 0.2) is 0 Å². The van der Waals surface area contributed by atoms with E-state index in [1.54, 1.807) is 0 Å². The van der Waals surface area contributed by atoms with Crippen LogP contribution in [0.4, 0.5) is 11.4 Å². The molecule has 18 heavy (non-hydrogen) atoms. The first-order valence-corrected chi connectivity index (χ1v) is 7.21. The van der Waals surface area contributed by atoms with Crippen LogP contribution in [-0.4, -0.2) is 44.2 Å². The number of piperazine rings is 1. The first-order valence-electron chi connectivity index (χ1n) is 7.21. The second-order valence-electron chi connectivity index (χ2n) is 5.26. The molecule has 3 nitrogen and oxygen atoms in total. The molecular weight excluding hydrogens is 222 g/mol. The van der Waals surface area contributed by atoms with Crippen molar-refractivity contribution in [3.8, 4) is 0 Å². The van der Waals surface area contributed by atoms with E-state index in [4.69, 9.17) is 0 Å². The maximum Gasteiger partial charge on any atom is 0.0610 e. The number of anilines is 2. The second-order valence-corrected chi connectivity index (χ2v) is 5.26. The Morgan fingerprint density at radius 1 is 1.17 bits per heavy atom. The van der Waals surface area contributed by atoms with Gasteiger partial charge >= 0.3 is 0 Å². The molecule has 0 bridgehead atoms. The zero-order chi connectivity index (χ0) is 12.4. The fourth-order valence-corrected chi connectivity index (χ4v) is 3.06. The molecule has 1 fully saturated rings. The molecule has 2 heterocycles. The lowest BCUT2D eigenvalue weighted by molar-refractivity contribution is 0.271. The fraction of sp³-hybridized carbons (Fsp3) is 0.600. The molecule has 1 aromatic rings. The summed E-state index contributed by atoms with van der Waals surface area (Å²) < 4.78 is 0. The number of benzene rings is 1. The molecule has 0 amide bonds. The van der Waals surface area contributed by atoms with Gasteiger partial charge in [0.1, 0.15) is 0 Å². The molecule has 0 radical (unpaired) electrons. The summed E-state index contributed by atoms with van der Waals surface area (Å²) in [6.07, 6.45) is 2.49. The Bertz CT molecular complexity index is 408. The lowest BCUT2D eigenvalue weighted by Crippen LogP contribution is -2.46. The summed E-state index contributed by atoms with van der Waals surface area (Å²) in [5.41, 5.74) is 4.31. The van der Waals surface area contributed by atoms with Crippen LogP contribution in [0.1, 0.15) is 18.9 Å². The molecule has 0 aliphatic carbocycles. The average Bonchev–Trinajstić information content (AvgIpc) is 2.47. The molecule has 0 atom stereocenters. The number of fused-ring (bicyclic) bond motifs is 1. The van der Waals surface area contributed by atoms with Crippen molar-refractivity contribution in [1.82, 2.24) is 4.90 Å². The Morgan fingerprint density at radius 3 is 2.78 bits per heavy atom. The van der Waals surface area contributed by atoms with Crippen molar-refractivity contribution in [1.29, 1.82) is 0 Å². The van der Waals surface area contributed by atoms with Crippen molar-refractivity contribution in [3.05, 3.63) is 23.8 Å². The number of hydrogen-bond donors (Lipinski definition) is 1. The van der Waals surface area contributed by atoms with Crippen LogP contribution >= 0.6 is 0 Å². The zero-order valence-corrected chi connectivity index (χ0v) is 11.3. The van der Waals surface area contributed by atoms with Gasteiger partial charge in [-0.1, -0.05) is 19.1 Å². The highest BCUT2D eigenvalue weighted by Gasteiger charge is 2.20. The van der Waals surface area contributed by atoms with Gasteiger partial charge in [0.05, 0.1) is 11.4 Å². The van der Waals surface area contributed by atoms with Gasteiger partial charge in [0.2, 0.25) is 0 Å². The van der Waals surface area contributed by atoms with Crippen molar-refractivity contribution < 1.29 is 0 Å². The lowest BCUT2D eigenvalue weighted by atomic mass is 10.0. The van der Waals surface area contributed by atoms with Crippen LogP contribution < -0.4 is 10.2 Å². The molecule has 1 N–H and O–H groups in total. The quantitative estimate of drug-likeness (QED) is 0.861.